The fourth-order valence-corrected chi connectivity index (χ4v) is 1.52. The fourth-order valence-electron chi connectivity index (χ4n) is 1.16. The van der Waals surface area contributed by atoms with Gasteiger partial charge in [-0.3, -0.25) is 0 Å². The second-order valence-electron chi connectivity index (χ2n) is 2.89. The van der Waals surface area contributed by atoms with E-state index in [0.717, 1.165) is 17.0 Å². The highest BCUT2D eigenvalue weighted by molar-refractivity contribution is 14.1. The van der Waals surface area contributed by atoms with Crippen LogP contribution in [-0.4, -0.2) is 5.16 Å². The smallest absolute Gasteiger partial charge is 0.167 e. The first-order valence-corrected chi connectivity index (χ1v) is 5.29. The third kappa shape index (κ3) is 1.96. The molecule has 3 nitrogen and oxygen atoms in total. The van der Waals surface area contributed by atoms with E-state index in [1.54, 1.807) is 0 Å². The van der Waals surface area contributed by atoms with Crippen molar-refractivity contribution < 1.29 is 4.52 Å². The monoisotopic (exact) mass is 300 g/mol. The van der Waals surface area contributed by atoms with E-state index in [0.29, 0.717) is 6.54 Å². The van der Waals surface area contributed by atoms with Gasteiger partial charge in [0.15, 0.2) is 5.76 Å². The number of nitrogens with zero attached hydrogens (tertiary/aromatic N) is 1. The maximum atomic E-state index is 5.44. The van der Waals surface area contributed by atoms with E-state index in [9.17, 15) is 0 Å². The molecule has 2 N–H and O–H groups in total. The van der Waals surface area contributed by atoms with Crippen LogP contribution in [0.4, 0.5) is 0 Å². The molecule has 14 heavy (non-hydrogen) atoms. The Bertz CT molecular complexity index is 422. The zero-order valence-corrected chi connectivity index (χ0v) is 9.56. The molecule has 0 amide bonds. The standard InChI is InChI=1S/C10H9IN2O/c11-8-3-1-7(2-4-8)10-5-9(6-12)13-14-10/h1-5H,6,12H2. The number of benzene rings is 1. The largest absolute Gasteiger partial charge is 0.356 e. The summed E-state index contributed by atoms with van der Waals surface area (Å²) < 4.78 is 6.35. The van der Waals surface area contributed by atoms with E-state index in [1.807, 2.05) is 30.3 Å². The molecule has 0 aliphatic heterocycles. The molecule has 0 unspecified atom stereocenters. The first-order chi connectivity index (χ1) is 6.79. The third-order valence-corrected chi connectivity index (χ3v) is 2.62. The Kier molecular flexibility index (Phi) is 2.83. The van der Waals surface area contributed by atoms with Crippen molar-refractivity contribution in [3.05, 3.63) is 39.6 Å². The molecule has 0 spiro atoms. The lowest BCUT2D eigenvalue weighted by molar-refractivity contribution is 0.424. The molecule has 0 fully saturated rings. The zero-order valence-electron chi connectivity index (χ0n) is 7.40. The lowest BCUT2D eigenvalue weighted by Crippen LogP contribution is -1.94. The van der Waals surface area contributed by atoms with Crippen LogP contribution in [0, 0.1) is 3.57 Å². The van der Waals surface area contributed by atoms with Gasteiger partial charge in [0.2, 0.25) is 0 Å². The maximum absolute atomic E-state index is 5.44. The molecule has 2 rings (SSSR count). The quantitative estimate of drug-likeness (QED) is 0.867. The molecule has 72 valence electrons. The van der Waals surface area contributed by atoms with Crippen LogP contribution < -0.4 is 5.73 Å². The van der Waals surface area contributed by atoms with Crippen LogP contribution in [0.25, 0.3) is 11.3 Å². The topological polar surface area (TPSA) is 52.0 Å². The predicted octanol–water partition coefficient (Wildman–Crippen LogP) is 2.40. The maximum Gasteiger partial charge on any atom is 0.167 e. The van der Waals surface area contributed by atoms with Crippen LogP contribution in [-0.2, 0) is 6.54 Å². The van der Waals surface area contributed by atoms with Crippen molar-refractivity contribution in [3.8, 4) is 11.3 Å². The van der Waals surface area contributed by atoms with Gasteiger partial charge in [-0.05, 0) is 34.7 Å². The first-order valence-electron chi connectivity index (χ1n) is 4.21. The van der Waals surface area contributed by atoms with Crippen molar-refractivity contribution in [2.75, 3.05) is 0 Å². The minimum atomic E-state index is 0.411. The number of hydrogen-bond donors (Lipinski definition) is 1. The summed E-state index contributed by atoms with van der Waals surface area (Å²) in [7, 11) is 0. The number of halogens is 1. The van der Waals surface area contributed by atoms with Gasteiger partial charge in [0.1, 0.15) is 0 Å². The van der Waals surface area contributed by atoms with Gasteiger partial charge >= 0.3 is 0 Å². The van der Waals surface area contributed by atoms with Gasteiger partial charge in [0.05, 0.1) is 5.69 Å². The van der Waals surface area contributed by atoms with Crippen molar-refractivity contribution in [2.45, 2.75) is 6.54 Å². The number of aromatic nitrogens is 1. The summed E-state index contributed by atoms with van der Waals surface area (Å²) in [6.45, 7) is 0.411. The molecule has 0 aliphatic rings. The third-order valence-electron chi connectivity index (χ3n) is 1.90. The van der Waals surface area contributed by atoms with Crippen LogP contribution in [0.2, 0.25) is 0 Å². The van der Waals surface area contributed by atoms with Gasteiger partial charge in [-0.15, -0.1) is 0 Å². The Balaban J connectivity index is 2.34. The molecule has 0 bridgehead atoms. The lowest BCUT2D eigenvalue weighted by atomic mass is 10.2. The average molecular weight is 300 g/mol. The molecule has 0 saturated carbocycles. The predicted molar refractivity (Wildman–Crippen MR) is 62.5 cm³/mol. The van der Waals surface area contributed by atoms with Crippen LogP contribution in [0.15, 0.2) is 34.9 Å². The zero-order chi connectivity index (χ0) is 9.97. The average Bonchev–Trinajstić information content (AvgIpc) is 2.67. The van der Waals surface area contributed by atoms with E-state index < -0.39 is 0 Å². The molecule has 1 heterocycles. The fraction of sp³-hybridized carbons (Fsp3) is 0.100. The molecule has 1 aromatic heterocycles. The molecule has 0 atom stereocenters. The Morgan fingerprint density at radius 2 is 2.00 bits per heavy atom. The van der Waals surface area contributed by atoms with Crippen molar-refractivity contribution in [2.24, 2.45) is 5.73 Å². The summed E-state index contributed by atoms with van der Waals surface area (Å²) >= 11 is 2.26. The highest BCUT2D eigenvalue weighted by Gasteiger charge is 2.04. The lowest BCUT2D eigenvalue weighted by Gasteiger charge is -1.94. The molecular formula is C10H9IN2O. The number of rotatable bonds is 2. The van der Waals surface area contributed by atoms with Gasteiger partial charge in [-0.1, -0.05) is 17.3 Å². The van der Waals surface area contributed by atoms with Crippen molar-refractivity contribution in [1.29, 1.82) is 0 Å². The minimum Gasteiger partial charge on any atom is -0.356 e. The van der Waals surface area contributed by atoms with E-state index in [1.165, 1.54) is 3.57 Å². The van der Waals surface area contributed by atoms with Crippen LogP contribution in [0.3, 0.4) is 0 Å². The normalized spacial score (nSPS) is 10.4. The molecule has 0 saturated heterocycles. The molecule has 1 aromatic carbocycles. The van der Waals surface area contributed by atoms with Gasteiger partial charge in [-0.2, -0.15) is 0 Å². The number of nitrogens with two attached hydrogens (primary N) is 1. The summed E-state index contributed by atoms with van der Waals surface area (Å²) in [5, 5.41) is 3.83. The van der Waals surface area contributed by atoms with E-state index in [4.69, 9.17) is 10.3 Å². The van der Waals surface area contributed by atoms with Gasteiger partial charge < -0.3 is 10.3 Å². The highest BCUT2D eigenvalue weighted by Crippen LogP contribution is 2.20. The molecule has 0 aliphatic carbocycles. The minimum absolute atomic E-state index is 0.411. The van der Waals surface area contributed by atoms with Gasteiger partial charge in [0.25, 0.3) is 0 Å². The molecular weight excluding hydrogens is 291 g/mol. The Labute approximate surface area is 95.4 Å². The summed E-state index contributed by atoms with van der Waals surface area (Å²) in [6.07, 6.45) is 0. The van der Waals surface area contributed by atoms with E-state index in [-0.39, 0.29) is 0 Å². The van der Waals surface area contributed by atoms with Gasteiger partial charge in [-0.25, -0.2) is 0 Å². The second kappa shape index (κ2) is 4.10. The van der Waals surface area contributed by atoms with Crippen LogP contribution >= 0.6 is 22.6 Å². The first kappa shape index (κ1) is 9.67. The highest BCUT2D eigenvalue weighted by atomic mass is 127. The Morgan fingerprint density at radius 3 is 2.57 bits per heavy atom. The van der Waals surface area contributed by atoms with Crippen molar-refractivity contribution in [3.63, 3.8) is 0 Å². The summed E-state index contributed by atoms with van der Waals surface area (Å²) in [4.78, 5) is 0. The molecule has 0 radical (unpaired) electrons. The SMILES string of the molecule is NCc1cc(-c2ccc(I)cc2)on1. The second-order valence-corrected chi connectivity index (χ2v) is 4.14. The Morgan fingerprint density at radius 1 is 1.29 bits per heavy atom. The number of hydrogen-bond acceptors (Lipinski definition) is 3. The Hall–Kier alpha value is -0.880. The van der Waals surface area contributed by atoms with E-state index >= 15 is 0 Å². The van der Waals surface area contributed by atoms with Gasteiger partial charge in [0, 0.05) is 21.7 Å². The summed E-state index contributed by atoms with van der Waals surface area (Å²) in [5.74, 6) is 0.766. The summed E-state index contributed by atoms with van der Waals surface area (Å²) in [6, 6.07) is 9.93. The summed E-state index contributed by atoms with van der Waals surface area (Å²) in [5.41, 5.74) is 7.24. The van der Waals surface area contributed by atoms with Crippen LogP contribution in [0.1, 0.15) is 5.69 Å². The van der Waals surface area contributed by atoms with E-state index in [2.05, 4.69) is 27.7 Å². The van der Waals surface area contributed by atoms with Crippen molar-refractivity contribution in [1.82, 2.24) is 5.16 Å². The molecule has 2 aromatic rings. The van der Waals surface area contributed by atoms with Crippen LogP contribution in [0.5, 0.6) is 0 Å². The molecule has 4 heteroatoms. The van der Waals surface area contributed by atoms with Crippen molar-refractivity contribution >= 4 is 22.6 Å².